The van der Waals surface area contributed by atoms with E-state index < -0.39 is 0 Å². The van der Waals surface area contributed by atoms with Gasteiger partial charge in [-0.15, -0.1) is 0 Å². The molecule has 1 saturated carbocycles. The summed E-state index contributed by atoms with van der Waals surface area (Å²) in [6, 6.07) is 0. The lowest BCUT2D eigenvalue weighted by molar-refractivity contribution is 0.139. The molecule has 5 atom stereocenters. The lowest BCUT2D eigenvalue weighted by atomic mass is 9.88. The zero-order chi connectivity index (χ0) is 21.2. The van der Waals surface area contributed by atoms with E-state index in [-0.39, 0.29) is 18.1 Å². The normalized spacial score (nSPS) is 30.7. The van der Waals surface area contributed by atoms with Gasteiger partial charge in [-0.1, -0.05) is 69.2 Å². The highest BCUT2D eigenvalue weighted by Gasteiger charge is 2.43. The fourth-order valence-corrected chi connectivity index (χ4v) is 5.97. The molecule has 0 aromatic carbocycles. The topological polar surface area (TPSA) is 43.7 Å². The number of aliphatic hydroxyl groups is 2. The van der Waals surface area contributed by atoms with Gasteiger partial charge in [0.25, 0.3) is 0 Å². The minimum atomic E-state index is -0.346. The van der Waals surface area contributed by atoms with E-state index in [1.807, 2.05) is 6.08 Å². The maximum absolute atomic E-state index is 10.5. The summed E-state index contributed by atoms with van der Waals surface area (Å²) in [5.74, 6) is 1.35. The molecule has 2 fully saturated rings. The Balaban J connectivity index is 1.31. The van der Waals surface area contributed by atoms with Crippen molar-refractivity contribution in [1.82, 2.24) is 4.90 Å². The van der Waals surface area contributed by atoms with Gasteiger partial charge in [0.2, 0.25) is 0 Å². The number of hydrogen-bond donors (Lipinski definition) is 2. The standard InChI is InChI=1S/C27H47NO2/c1-2-3-7-13-24(29)14-15-25-26-20-22(19-23(26)21-27(25)30)12-8-4-5-9-16-28-17-10-6-11-18-28/h14-15,19,23-27,29-30H,2-13,16-18,20-21H2,1H3/t23-,24-,25+,26-,27+/m0/s1. The Kier molecular flexibility index (Phi) is 10.4. The Labute approximate surface area is 185 Å². The fourth-order valence-electron chi connectivity index (χ4n) is 5.97. The highest BCUT2D eigenvalue weighted by atomic mass is 16.3. The highest BCUT2D eigenvalue weighted by Crippen LogP contribution is 2.48. The van der Waals surface area contributed by atoms with Crippen LogP contribution in [-0.2, 0) is 0 Å². The third-order valence-corrected chi connectivity index (χ3v) is 7.78. The van der Waals surface area contributed by atoms with Crippen LogP contribution in [0.5, 0.6) is 0 Å². The maximum atomic E-state index is 10.5. The van der Waals surface area contributed by atoms with E-state index in [1.165, 1.54) is 83.8 Å². The van der Waals surface area contributed by atoms with E-state index >= 15 is 0 Å². The van der Waals surface area contributed by atoms with Crippen molar-refractivity contribution >= 4 is 0 Å². The molecule has 172 valence electrons. The second kappa shape index (κ2) is 13.0. The molecule has 3 aliphatic rings. The number of unbranched alkanes of at least 4 members (excludes halogenated alkanes) is 5. The van der Waals surface area contributed by atoms with E-state index in [0.717, 1.165) is 25.7 Å². The number of allylic oxidation sites excluding steroid dienone is 2. The number of piperidine rings is 1. The van der Waals surface area contributed by atoms with Gasteiger partial charge in [0, 0.05) is 5.92 Å². The summed E-state index contributed by atoms with van der Waals surface area (Å²) >= 11 is 0. The van der Waals surface area contributed by atoms with E-state index in [0.29, 0.717) is 11.8 Å². The number of aliphatic hydroxyl groups excluding tert-OH is 2. The molecule has 1 heterocycles. The number of nitrogens with zero attached hydrogens (tertiary/aromatic N) is 1. The van der Waals surface area contributed by atoms with Crippen molar-refractivity contribution in [3.05, 3.63) is 23.8 Å². The van der Waals surface area contributed by atoms with Crippen molar-refractivity contribution in [3.63, 3.8) is 0 Å². The summed E-state index contributed by atoms with van der Waals surface area (Å²) < 4.78 is 0. The van der Waals surface area contributed by atoms with E-state index in [4.69, 9.17) is 0 Å². The van der Waals surface area contributed by atoms with Crippen LogP contribution in [-0.4, -0.2) is 47.0 Å². The molecule has 3 heteroatoms. The SMILES string of the molecule is CCCCC[C@H](O)C=C[C@@H]1[C@H]2CC(CCCCCCN3CCCCC3)=C[C@H]2C[C@H]1O. The Hall–Kier alpha value is -0.640. The van der Waals surface area contributed by atoms with Crippen LogP contribution in [0.2, 0.25) is 0 Å². The molecule has 0 unspecified atom stereocenters. The minimum absolute atomic E-state index is 0.230. The van der Waals surface area contributed by atoms with Gasteiger partial charge in [-0.05, 0) is 82.8 Å². The first-order valence-corrected chi connectivity index (χ1v) is 13.1. The van der Waals surface area contributed by atoms with Crippen LogP contribution >= 0.6 is 0 Å². The van der Waals surface area contributed by atoms with Crippen LogP contribution in [0.3, 0.4) is 0 Å². The molecule has 0 spiro atoms. The van der Waals surface area contributed by atoms with Crippen LogP contribution in [0.25, 0.3) is 0 Å². The van der Waals surface area contributed by atoms with E-state index in [1.54, 1.807) is 5.57 Å². The molecule has 30 heavy (non-hydrogen) atoms. The lowest BCUT2D eigenvalue weighted by Crippen LogP contribution is -2.30. The van der Waals surface area contributed by atoms with Gasteiger partial charge in [-0.3, -0.25) is 0 Å². The molecule has 1 saturated heterocycles. The van der Waals surface area contributed by atoms with Crippen molar-refractivity contribution in [2.24, 2.45) is 17.8 Å². The summed E-state index contributed by atoms with van der Waals surface area (Å²) in [5, 5.41) is 20.7. The molecule has 0 radical (unpaired) electrons. The first-order valence-electron chi connectivity index (χ1n) is 13.1. The molecule has 1 aliphatic heterocycles. The Morgan fingerprint density at radius 3 is 2.67 bits per heavy atom. The summed E-state index contributed by atoms with van der Waals surface area (Å²) in [7, 11) is 0. The predicted octanol–water partition coefficient (Wildman–Crippen LogP) is 5.86. The number of fused-ring (bicyclic) bond motifs is 1. The zero-order valence-electron chi connectivity index (χ0n) is 19.5. The van der Waals surface area contributed by atoms with Crippen LogP contribution < -0.4 is 0 Å². The smallest absolute Gasteiger partial charge is 0.0721 e. The third kappa shape index (κ3) is 7.50. The third-order valence-electron chi connectivity index (χ3n) is 7.78. The van der Waals surface area contributed by atoms with Crippen LogP contribution in [0, 0.1) is 17.8 Å². The summed E-state index contributed by atoms with van der Waals surface area (Å²) in [6.45, 7) is 6.15. The molecule has 2 aliphatic carbocycles. The second-order valence-electron chi connectivity index (χ2n) is 10.3. The van der Waals surface area contributed by atoms with Crippen molar-refractivity contribution in [1.29, 1.82) is 0 Å². The largest absolute Gasteiger partial charge is 0.392 e. The van der Waals surface area contributed by atoms with Gasteiger partial charge in [0.1, 0.15) is 0 Å². The molecule has 0 aromatic heterocycles. The molecule has 0 aromatic rings. The lowest BCUT2D eigenvalue weighted by Gasteiger charge is -2.26. The van der Waals surface area contributed by atoms with E-state index in [9.17, 15) is 10.2 Å². The Morgan fingerprint density at radius 2 is 1.87 bits per heavy atom. The van der Waals surface area contributed by atoms with Crippen molar-refractivity contribution in [2.75, 3.05) is 19.6 Å². The maximum Gasteiger partial charge on any atom is 0.0721 e. The summed E-state index contributed by atoms with van der Waals surface area (Å²) in [4.78, 5) is 2.66. The summed E-state index contributed by atoms with van der Waals surface area (Å²) in [5.41, 5.74) is 1.63. The highest BCUT2D eigenvalue weighted by molar-refractivity contribution is 5.21. The monoisotopic (exact) mass is 417 g/mol. The summed E-state index contributed by atoms with van der Waals surface area (Å²) in [6.07, 6.45) is 23.3. The molecular weight excluding hydrogens is 370 g/mol. The van der Waals surface area contributed by atoms with Gasteiger partial charge in [-0.25, -0.2) is 0 Å². The van der Waals surface area contributed by atoms with E-state index in [2.05, 4.69) is 24.0 Å². The van der Waals surface area contributed by atoms with Gasteiger partial charge in [-0.2, -0.15) is 0 Å². The van der Waals surface area contributed by atoms with Crippen molar-refractivity contribution in [3.8, 4) is 0 Å². The first-order chi connectivity index (χ1) is 14.7. The number of rotatable bonds is 13. The molecule has 0 bridgehead atoms. The average Bonchev–Trinajstić information content (AvgIpc) is 3.26. The van der Waals surface area contributed by atoms with Crippen LogP contribution in [0.1, 0.15) is 96.8 Å². The quantitative estimate of drug-likeness (QED) is 0.291. The molecule has 0 amide bonds. The Bertz CT molecular complexity index is 537. The molecule has 3 nitrogen and oxygen atoms in total. The second-order valence-corrected chi connectivity index (χ2v) is 10.3. The van der Waals surface area contributed by atoms with Crippen molar-refractivity contribution < 1.29 is 10.2 Å². The average molecular weight is 418 g/mol. The first kappa shape index (κ1) is 24.0. The predicted molar refractivity (Wildman–Crippen MR) is 126 cm³/mol. The number of hydrogen-bond acceptors (Lipinski definition) is 3. The minimum Gasteiger partial charge on any atom is -0.392 e. The van der Waals surface area contributed by atoms with Gasteiger partial charge in [0.05, 0.1) is 12.2 Å². The Morgan fingerprint density at radius 1 is 1.07 bits per heavy atom. The fraction of sp³-hybridized carbons (Fsp3) is 0.852. The number of likely N-dealkylation sites (tertiary alicyclic amines) is 1. The van der Waals surface area contributed by atoms with Crippen LogP contribution in [0.4, 0.5) is 0 Å². The van der Waals surface area contributed by atoms with Gasteiger partial charge >= 0.3 is 0 Å². The van der Waals surface area contributed by atoms with Crippen molar-refractivity contribution in [2.45, 2.75) is 109 Å². The molecular formula is C27H47NO2. The van der Waals surface area contributed by atoms with Crippen LogP contribution in [0.15, 0.2) is 23.8 Å². The molecule has 2 N–H and O–H groups in total. The zero-order valence-corrected chi connectivity index (χ0v) is 19.5. The van der Waals surface area contributed by atoms with Gasteiger partial charge in [0.15, 0.2) is 0 Å². The molecule has 3 rings (SSSR count). The van der Waals surface area contributed by atoms with Gasteiger partial charge < -0.3 is 15.1 Å².